The molecule has 5 heteroatoms. The molecular weight excluding hydrogens is 256 g/mol. The molecule has 1 N–H and O–H groups in total. The lowest BCUT2D eigenvalue weighted by Crippen LogP contribution is -2.22. The third-order valence-corrected chi connectivity index (χ3v) is 2.95. The number of carbonyl (C=O) groups is 1. The highest BCUT2D eigenvalue weighted by Crippen LogP contribution is 2.18. The van der Waals surface area contributed by atoms with Crippen LogP contribution < -0.4 is 5.32 Å². The van der Waals surface area contributed by atoms with Gasteiger partial charge in [-0.05, 0) is 24.6 Å². The van der Waals surface area contributed by atoms with E-state index in [0.29, 0.717) is 17.7 Å². The van der Waals surface area contributed by atoms with Crippen LogP contribution in [0.25, 0.3) is 0 Å². The van der Waals surface area contributed by atoms with E-state index in [2.05, 4.69) is 5.32 Å². The first-order valence-corrected chi connectivity index (χ1v) is 6.15. The molecular formula is C15H14N2O3. The molecule has 2 aromatic rings. The van der Waals surface area contributed by atoms with Gasteiger partial charge >= 0.3 is 0 Å². The molecule has 5 nitrogen and oxygen atoms in total. The highest BCUT2D eigenvalue weighted by molar-refractivity contribution is 5.94. The molecule has 0 aliphatic rings. The molecule has 0 saturated heterocycles. The second-order valence-corrected chi connectivity index (χ2v) is 4.43. The van der Waals surface area contributed by atoms with Gasteiger partial charge in [-0.15, -0.1) is 0 Å². The Morgan fingerprint density at radius 3 is 2.50 bits per heavy atom. The second kappa shape index (κ2) is 5.97. The van der Waals surface area contributed by atoms with Gasteiger partial charge in [0.1, 0.15) is 0 Å². The highest BCUT2D eigenvalue weighted by Gasteiger charge is 2.13. The van der Waals surface area contributed by atoms with Crippen LogP contribution in [0.15, 0.2) is 48.5 Å². The molecule has 102 valence electrons. The smallest absolute Gasteiger partial charge is 0.272 e. The Balaban J connectivity index is 2.06. The maximum Gasteiger partial charge on any atom is 0.272 e. The minimum atomic E-state index is -0.457. The van der Waals surface area contributed by atoms with E-state index in [1.54, 1.807) is 6.92 Å². The number of aryl methyl sites for hydroxylation is 1. The molecule has 0 unspecified atom stereocenters. The highest BCUT2D eigenvalue weighted by atomic mass is 16.6. The third-order valence-electron chi connectivity index (χ3n) is 2.95. The monoisotopic (exact) mass is 270 g/mol. The van der Waals surface area contributed by atoms with Gasteiger partial charge in [0.15, 0.2) is 0 Å². The van der Waals surface area contributed by atoms with E-state index in [9.17, 15) is 14.9 Å². The Labute approximate surface area is 116 Å². The first kappa shape index (κ1) is 13.7. The van der Waals surface area contributed by atoms with E-state index in [4.69, 9.17) is 0 Å². The first-order chi connectivity index (χ1) is 9.58. The van der Waals surface area contributed by atoms with Crippen molar-refractivity contribution >= 4 is 11.6 Å². The zero-order chi connectivity index (χ0) is 14.5. The average molecular weight is 270 g/mol. The number of hydrogen-bond acceptors (Lipinski definition) is 3. The lowest BCUT2D eigenvalue weighted by molar-refractivity contribution is -0.385. The summed E-state index contributed by atoms with van der Waals surface area (Å²) in [5.41, 5.74) is 1.91. The average Bonchev–Trinajstić information content (AvgIpc) is 2.45. The summed E-state index contributed by atoms with van der Waals surface area (Å²) < 4.78 is 0. The fraction of sp³-hybridized carbons (Fsp3) is 0.133. The van der Waals surface area contributed by atoms with Crippen LogP contribution in [-0.2, 0) is 6.54 Å². The van der Waals surface area contributed by atoms with Crippen LogP contribution in [0.2, 0.25) is 0 Å². The maximum atomic E-state index is 12.0. The first-order valence-electron chi connectivity index (χ1n) is 6.15. The summed E-state index contributed by atoms with van der Waals surface area (Å²) in [5.74, 6) is -0.244. The molecule has 0 atom stereocenters. The summed E-state index contributed by atoms with van der Waals surface area (Å²) in [6, 6.07) is 13.9. The number of nitrogens with zero attached hydrogens (tertiary/aromatic N) is 1. The number of nitrogens with one attached hydrogen (secondary N) is 1. The zero-order valence-electron chi connectivity index (χ0n) is 11.0. The largest absolute Gasteiger partial charge is 0.348 e. The van der Waals surface area contributed by atoms with Gasteiger partial charge in [0.2, 0.25) is 0 Å². The minimum absolute atomic E-state index is 0.0182. The number of nitro benzene ring substituents is 1. The second-order valence-electron chi connectivity index (χ2n) is 4.43. The summed E-state index contributed by atoms with van der Waals surface area (Å²) in [7, 11) is 0. The predicted octanol–water partition coefficient (Wildman–Crippen LogP) is 2.83. The van der Waals surface area contributed by atoms with E-state index in [-0.39, 0.29) is 11.6 Å². The van der Waals surface area contributed by atoms with Gasteiger partial charge in [0.05, 0.1) is 4.92 Å². The fourth-order valence-corrected chi connectivity index (χ4v) is 1.88. The van der Waals surface area contributed by atoms with Crippen molar-refractivity contribution in [3.8, 4) is 0 Å². The van der Waals surface area contributed by atoms with Gasteiger partial charge in [0.25, 0.3) is 11.6 Å². The van der Waals surface area contributed by atoms with Crippen LogP contribution in [0.3, 0.4) is 0 Å². The Kier molecular flexibility index (Phi) is 4.10. The molecule has 0 aromatic heterocycles. The molecule has 2 rings (SSSR count). The number of rotatable bonds is 4. The molecule has 0 bridgehead atoms. The summed E-state index contributed by atoms with van der Waals surface area (Å²) in [5, 5.41) is 13.5. The van der Waals surface area contributed by atoms with Crippen molar-refractivity contribution in [2.24, 2.45) is 0 Å². The standard InChI is InChI=1S/C15H14N2O3/c1-11-9-13(7-8-14(11)17(19)20)15(18)16-10-12-5-3-2-4-6-12/h2-9H,10H2,1H3,(H,16,18). The van der Waals surface area contributed by atoms with Crippen LogP contribution >= 0.6 is 0 Å². The van der Waals surface area contributed by atoms with Crippen molar-refractivity contribution in [1.29, 1.82) is 0 Å². The Hall–Kier alpha value is -2.69. The van der Waals surface area contributed by atoms with Gasteiger partial charge in [0, 0.05) is 23.7 Å². The van der Waals surface area contributed by atoms with Crippen molar-refractivity contribution in [2.45, 2.75) is 13.5 Å². The molecule has 0 fully saturated rings. The van der Waals surface area contributed by atoms with Crippen LogP contribution in [0, 0.1) is 17.0 Å². The van der Waals surface area contributed by atoms with Crippen LogP contribution in [-0.4, -0.2) is 10.8 Å². The number of benzene rings is 2. The van der Waals surface area contributed by atoms with Crippen LogP contribution in [0.4, 0.5) is 5.69 Å². The van der Waals surface area contributed by atoms with Crippen LogP contribution in [0.5, 0.6) is 0 Å². The van der Waals surface area contributed by atoms with E-state index in [1.165, 1.54) is 18.2 Å². The third kappa shape index (κ3) is 3.20. The van der Waals surface area contributed by atoms with Gasteiger partial charge in [-0.1, -0.05) is 30.3 Å². The molecule has 0 aliphatic heterocycles. The van der Waals surface area contributed by atoms with Gasteiger partial charge in [-0.25, -0.2) is 0 Å². The summed E-state index contributed by atoms with van der Waals surface area (Å²) in [6.45, 7) is 2.04. The topological polar surface area (TPSA) is 72.2 Å². The minimum Gasteiger partial charge on any atom is -0.348 e. The van der Waals surface area contributed by atoms with Gasteiger partial charge < -0.3 is 5.32 Å². The van der Waals surface area contributed by atoms with Crippen LogP contribution in [0.1, 0.15) is 21.5 Å². The lowest BCUT2D eigenvalue weighted by Gasteiger charge is -2.06. The molecule has 0 radical (unpaired) electrons. The fourth-order valence-electron chi connectivity index (χ4n) is 1.88. The van der Waals surface area contributed by atoms with Gasteiger partial charge in [-0.2, -0.15) is 0 Å². The van der Waals surface area contributed by atoms with Gasteiger partial charge in [-0.3, -0.25) is 14.9 Å². The van der Waals surface area contributed by atoms with Crippen molar-refractivity contribution in [3.63, 3.8) is 0 Å². The maximum absolute atomic E-state index is 12.0. The number of amides is 1. The van der Waals surface area contributed by atoms with E-state index >= 15 is 0 Å². The summed E-state index contributed by atoms with van der Waals surface area (Å²) in [6.07, 6.45) is 0. The van der Waals surface area contributed by atoms with E-state index in [1.807, 2.05) is 30.3 Å². The van der Waals surface area contributed by atoms with E-state index in [0.717, 1.165) is 5.56 Å². The summed E-state index contributed by atoms with van der Waals surface area (Å²) >= 11 is 0. The normalized spacial score (nSPS) is 10.1. The van der Waals surface area contributed by atoms with Crippen molar-refractivity contribution in [1.82, 2.24) is 5.32 Å². The Morgan fingerprint density at radius 2 is 1.90 bits per heavy atom. The number of nitro groups is 1. The zero-order valence-corrected chi connectivity index (χ0v) is 11.0. The van der Waals surface area contributed by atoms with Crippen molar-refractivity contribution < 1.29 is 9.72 Å². The molecule has 0 saturated carbocycles. The Bertz CT molecular complexity index is 639. The summed E-state index contributed by atoms with van der Waals surface area (Å²) in [4.78, 5) is 22.2. The SMILES string of the molecule is Cc1cc(C(=O)NCc2ccccc2)ccc1[N+](=O)[O-]. The molecule has 1 amide bonds. The van der Waals surface area contributed by atoms with Crippen molar-refractivity contribution in [3.05, 3.63) is 75.3 Å². The van der Waals surface area contributed by atoms with E-state index < -0.39 is 4.92 Å². The Morgan fingerprint density at radius 1 is 1.20 bits per heavy atom. The quantitative estimate of drug-likeness (QED) is 0.685. The molecule has 0 heterocycles. The number of carbonyl (C=O) groups excluding carboxylic acids is 1. The number of hydrogen-bond donors (Lipinski definition) is 1. The molecule has 0 aliphatic carbocycles. The lowest BCUT2D eigenvalue weighted by atomic mass is 10.1. The van der Waals surface area contributed by atoms with Crippen molar-refractivity contribution in [2.75, 3.05) is 0 Å². The molecule has 0 spiro atoms. The molecule has 20 heavy (non-hydrogen) atoms. The molecule has 2 aromatic carbocycles. The predicted molar refractivity (Wildman–Crippen MR) is 75.4 cm³/mol.